The predicted molar refractivity (Wildman–Crippen MR) is 138 cm³/mol. The fourth-order valence-corrected chi connectivity index (χ4v) is 5.80. The lowest BCUT2D eigenvalue weighted by atomic mass is 10.00. The van der Waals surface area contributed by atoms with Crippen LogP contribution in [0.2, 0.25) is 0 Å². The van der Waals surface area contributed by atoms with Crippen LogP contribution in [0.1, 0.15) is 50.8 Å². The van der Waals surface area contributed by atoms with E-state index in [4.69, 9.17) is 19.9 Å². The molecule has 0 spiro atoms. The molecule has 0 saturated carbocycles. The first kappa shape index (κ1) is 28.1. The van der Waals surface area contributed by atoms with Gasteiger partial charge in [-0.15, -0.1) is 11.8 Å². The Morgan fingerprint density at radius 3 is 2.50 bits per heavy atom. The van der Waals surface area contributed by atoms with Gasteiger partial charge in [0.2, 0.25) is 0 Å². The topological polar surface area (TPSA) is 83.7 Å². The average molecular weight is 547 g/mol. The molecule has 1 aliphatic heterocycles. The number of benzene rings is 2. The second kappa shape index (κ2) is 12.8. The van der Waals surface area contributed by atoms with Gasteiger partial charge in [-0.3, -0.25) is 9.78 Å². The fourth-order valence-electron chi connectivity index (χ4n) is 4.32. The molecule has 10 heteroatoms. The summed E-state index contributed by atoms with van der Waals surface area (Å²) in [4.78, 5) is 15.6. The molecule has 2 N–H and O–H groups in total. The second-order valence-electron chi connectivity index (χ2n) is 8.94. The SMILES string of the molecule is Cc1cc(C(N)=O)ncc1C(SCCC1(CCOCc2ccccc2)OCCO1)c1c(F)ccc(F)c1F. The van der Waals surface area contributed by atoms with Crippen LogP contribution >= 0.6 is 11.8 Å². The molecule has 1 fully saturated rings. The van der Waals surface area contributed by atoms with Gasteiger partial charge in [0, 0.05) is 24.6 Å². The summed E-state index contributed by atoms with van der Waals surface area (Å²) in [5, 5.41) is -0.937. The van der Waals surface area contributed by atoms with Gasteiger partial charge in [0.05, 0.1) is 31.7 Å². The molecular formula is C28H29F3N2O4S. The first-order valence-electron chi connectivity index (χ1n) is 12.2. The van der Waals surface area contributed by atoms with Crippen LogP contribution in [-0.4, -0.2) is 42.3 Å². The van der Waals surface area contributed by atoms with Crippen molar-refractivity contribution < 1.29 is 32.2 Å². The Kier molecular flexibility index (Phi) is 9.43. The Labute approximate surface area is 223 Å². The van der Waals surface area contributed by atoms with Crippen molar-refractivity contribution in [2.24, 2.45) is 5.73 Å². The molecule has 202 valence electrons. The van der Waals surface area contributed by atoms with Crippen LogP contribution in [0, 0.1) is 24.4 Å². The third-order valence-electron chi connectivity index (χ3n) is 6.35. The van der Waals surface area contributed by atoms with E-state index in [9.17, 15) is 18.0 Å². The molecule has 2 aromatic carbocycles. The van der Waals surface area contributed by atoms with Gasteiger partial charge in [-0.25, -0.2) is 13.2 Å². The van der Waals surface area contributed by atoms with Crippen LogP contribution in [-0.2, 0) is 20.8 Å². The molecule has 2 heterocycles. The molecule has 0 aliphatic carbocycles. The third kappa shape index (κ3) is 6.74. The van der Waals surface area contributed by atoms with Crippen molar-refractivity contribution in [1.29, 1.82) is 0 Å². The number of ether oxygens (including phenoxy) is 3. The van der Waals surface area contributed by atoms with Crippen LogP contribution in [0.3, 0.4) is 0 Å². The van der Waals surface area contributed by atoms with E-state index in [2.05, 4.69) is 4.98 Å². The lowest BCUT2D eigenvalue weighted by Gasteiger charge is -2.28. The molecule has 1 aromatic heterocycles. The van der Waals surface area contributed by atoms with E-state index in [-0.39, 0.29) is 5.69 Å². The van der Waals surface area contributed by atoms with Crippen LogP contribution in [0.5, 0.6) is 0 Å². The molecule has 1 unspecified atom stereocenters. The number of rotatable bonds is 12. The summed E-state index contributed by atoms with van der Waals surface area (Å²) in [7, 11) is 0. The van der Waals surface area contributed by atoms with Crippen LogP contribution < -0.4 is 5.73 Å². The first-order valence-corrected chi connectivity index (χ1v) is 13.3. The number of nitrogens with zero attached hydrogens (tertiary/aromatic N) is 1. The normalized spacial score (nSPS) is 15.5. The standard InChI is InChI=1S/C28H29F3N2O4S/c1-18-15-23(27(32)34)33-16-20(18)26(24-21(29)7-8-22(30)25(24)31)38-14-10-28(36-12-13-37-28)9-11-35-17-19-5-3-2-4-6-19/h2-8,15-16,26H,9-14,17H2,1H3,(H2,32,34). The number of carbonyl (C=O) groups excluding carboxylic acids is 1. The van der Waals surface area contributed by atoms with Crippen LogP contribution in [0.4, 0.5) is 13.2 Å². The van der Waals surface area contributed by atoms with Crippen molar-refractivity contribution in [2.75, 3.05) is 25.6 Å². The number of primary amides is 1. The lowest BCUT2D eigenvalue weighted by Crippen LogP contribution is -2.32. The highest BCUT2D eigenvalue weighted by molar-refractivity contribution is 7.99. The van der Waals surface area contributed by atoms with E-state index in [1.165, 1.54) is 24.0 Å². The Balaban J connectivity index is 1.49. The number of carbonyl (C=O) groups is 1. The number of halogens is 3. The molecule has 6 nitrogen and oxygen atoms in total. The number of amides is 1. The van der Waals surface area contributed by atoms with Crippen molar-refractivity contribution in [1.82, 2.24) is 4.98 Å². The number of aromatic nitrogens is 1. The van der Waals surface area contributed by atoms with Crippen molar-refractivity contribution in [3.63, 3.8) is 0 Å². The maximum atomic E-state index is 14.9. The average Bonchev–Trinajstić information content (AvgIpc) is 3.37. The van der Waals surface area contributed by atoms with Crippen molar-refractivity contribution in [3.05, 3.63) is 100 Å². The summed E-state index contributed by atoms with van der Waals surface area (Å²) < 4.78 is 61.6. The highest BCUT2D eigenvalue weighted by Gasteiger charge is 2.37. The van der Waals surface area contributed by atoms with Crippen molar-refractivity contribution in [3.8, 4) is 0 Å². The minimum atomic E-state index is -1.27. The summed E-state index contributed by atoms with van der Waals surface area (Å²) in [6, 6.07) is 12.9. The van der Waals surface area contributed by atoms with Gasteiger partial charge in [-0.05, 0) is 47.6 Å². The van der Waals surface area contributed by atoms with Gasteiger partial charge in [-0.1, -0.05) is 30.3 Å². The second-order valence-corrected chi connectivity index (χ2v) is 10.2. The number of hydrogen-bond acceptors (Lipinski definition) is 6. The van der Waals surface area contributed by atoms with Crippen molar-refractivity contribution >= 4 is 17.7 Å². The summed E-state index contributed by atoms with van der Waals surface area (Å²) in [6.45, 7) is 3.39. The zero-order valence-corrected chi connectivity index (χ0v) is 21.7. The third-order valence-corrected chi connectivity index (χ3v) is 7.61. The molecular weight excluding hydrogens is 517 g/mol. The number of nitrogens with two attached hydrogens (primary N) is 1. The van der Waals surface area contributed by atoms with Crippen LogP contribution in [0.25, 0.3) is 0 Å². The summed E-state index contributed by atoms with van der Waals surface area (Å²) in [5.41, 5.74) is 6.97. The van der Waals surface area contributed by atoms with Gasteiger partial charge >= 0.3 is 0 Å². The minimum absolute atomic E-state index is 0.0254. The van der Waals surface area contributed by atoms with E-state index in [0.717, 1.165) is 17.7 Å². The summed E-state index contributed by atoms with van der Waals surface area (Å²) in [6.07, 6.45) is 2.24. The largest absolute Gasteiger partial charge is 0.377 e. The molecule has 0 bridgehead atoms. The highest BCUT2D eigenvalue weighted by atomic mass is 32.2. The van der Waals surface area contributed by atoms with Gasteiger partial charge < -0.3 is 19.9 Å². The van der Waals surface area contributed by atoms with E-state index >= 15 is 0 Å². The fraction of sp³-hybridized carbons (Fsp3) is 0.357. The molecule has 1 saturated heterocycles. The van der Waals surface area contributed by atoms with E-state index in [0.29, 0.717) is 56.1 Å². The zero-order chi connectivity index (χ0) is 27.1. The highest BCUT2D eigenvalue weighted by Crippen LogP contribution is 2.42. The smallest absolute Gasteiger partial charge is 0.267 e. The Morgan fingerprint density at radius 1 is 1.11 bits per heavy atom. The van der Waals surface area contributed by atoms with Crippen LogP contribution in [0.15, 0.2) is 54.7 Å². The lowest BCUT2D eigenvalue weighted by molar-refractivity contribution is -0.171. The number of hydrogen-bond donors (Lipinski definition) is 1. The molecule has 1 aliphatic rings. The molecule has 3 aromatic rings. The summed E-state index contributed by atoms with van der Waals surface area (Å²) in [5.74, 6) is -4.54. The number of thioether (sulfide) groups is 1. The number of aryl methyl sites for hydroxylation is 1. The molecule has 1 amide bonds. The maximum Gasteiger partial charge on any atom is 0.267 e. The Bertz CT molecular complexity index is 1260. The van der Waals surface area contributed by atoms with Gasteiger partial charge in [0.15, 0.2) is 17.4 Å². The molecule has 38 heavy (non-hydrogen) atoms. The van der Waals surface area contributed by atoms with E-state index < -0.39 is 40.0 Å². The van der Waals surface area contributed by atoms with Gasteiger partial charge in [0.1, 0.15) is 11.5 Å². The maximum absolute atomic E-state index is 14.9. The van der Waals surface area contributed by atoms with E-state index in [1.54, 1.807) is 6.92 Å². The zero-order valence-electron chi connectivity index (χ0n) is 20.9. The quantitative estimate of drug-likeness (QED) is 0.240. The molecule has 0 radical (unpaired) electrons. The Hall–Kier alpha value is -2.92. The molecule has 1 atom stereocenters. The van der Waals surface area contributed by atoms with Gasteiger partial charge in [0.25, 0.3) is 5.91 Å². The minimum Gasteiger partial charge on any atom is -0.377 e. The first-order chi connectivity index (χ1) is 18.3. The number of pyridine rings is 1. The molecule has 4 rings (SSSR count). The van der Waals surface area contributed by atoms with Crippen molar-refractivity contribution in [2.45, 2.75) is 37.4 Å². The summed E-state index contributed by atoms with van der Waals surface area (Å²) >= 11 is 1.21. The van der Waals surface area contributed by atoms with Gasteiger partial charge in [-0.2, -0.15) is 0 Å². The Morgan fingerprint density at radius 2 is 1.82 bits per heavy atom. The predicted octanol–water partition coefficient (Wildman–Crippen LogP) is 5.47. The van der Waals surface area contributed by atoms with E-state index in [1.807, 2.05) is 30.3 Å². The monoisotopic (exact) mass is 546 g/mol.